The summed E-state index contributed by atoms with van der Waals surface area (Å²) in [6.45, 7) is 0. The van der Waals surface area contributed by atoms with Crippen LogP contribution in [-0.2, 0) is 10.8 Å². The Balaban J connectivity index is 0.000000147. The average Bonchev–Trinajstić information content (AvgIpc) is 1.54. The summed E-state index contributed by atoms with van der Waals surface area (Å²) in [5.41, 5.74) is 24.4. The van der Waals surface area contributed by atoms with Gasteiger partial charge in [0.25, 0.3) is 0 Å². The van der Waals surface area contributed by atoms with Gasteiger partial charge in [0, 0.05) is 33.4 Å². The van der Waals surface area contributed by atoms with E-state index in [1.807, 2.05) is 121 Å². The fourth-order valence-corrected chi connectivity index (χ4v) is 15.0. The van der Waals surface area contributed by atoms with Crippen LogP contribution >= 0.6 is 0 Å². The van der Waals surface area contributed by atoms with Gasteiger partial charge in [-0.15, -0.1) is 0 Å². The molecule has 2 aliphatic carbocycles. The highest BCUT2D eigenvalue weighted by Crippen LogP contribution is 2.59. The number of fused-ring (bicyclic) bond motifs is 6. The molecule has 0 radical (unpaired) electrons. The normalized spacial score (nSPS) is 12.7. The molecule has 2 aliphatic rings. The minimum Gasteiger partial charge on any atom is -0.208 e. The van der Waals surface area contributed by atoms with Gasteiger partial charge in [0.2, 0.25) is 0 Å². The van der Waals surface area contributed by atoms with Crippen molar-refractivity contribution in [2.45, 2.75) is 10.8 Å². The first-order valence-electron chi connectivity index (χ1n) is 33.3. The molecular weight excluding hydrogens is 1190 g/mol. The molecule has 0 amide bonds. The first-order valence-corrected chi connectivity index (χ1v) is 33.3. The summed E-state index contributed by atoms with van der Waals surface area (Å²) in [6.07, 6.45) is 0. The van der Waals surface area contributed by atoms with Crippen molar-refractivity contribution in [2.75, 3.05) is 0 Å². The van der Waals surface area contributed by atoms with Crippen molar-refractivity contribution in [1.29, 1.82) is 0 Å². The molecule has 0 N–H and O–H groups in total. The molecule has 6 heteroatoms. The summed E-state index contributed by atoms with van der Waals surface area (Å²) in [5.74, 6) is 3.89. The van der Waals surface area contributed by atoms with E-state index in [1.165, 1.54) is 72.3 Å². The van der Waals surface area contributed by atoms with Crippen molar-refractivity contribution >= 4 is 0 Å². The molecule has 0 bridgehead atoms. The second-order valence-corrected chi connectivity index (χ2v) is 24.7. The van der Waals surface area contributed by atoms with Gasteiger partial charge < -0.3 is 0 Å². The number of benzene rings is 14. The van der Waals surface area contributed by atoms with Crippen LogP contribution in [0.5, 0.6) is 0 Å². The summed E-state index contributed by atoms with van der Waals surface area (Å²) >= 11 is 0. The molecule has 2 aromatic heterocycles. The molecule has 0 fully saturated rings. The van der Waals surface area contributed by atoms with Crippen molar-refractivity contribution in [3.8, 4) is 113 Å². The lowest BCUT2D eigenvalue weighted by atomic mass is 9.67. The third-order valence-corrected chi connectivity index (χ3v) is 19.3. The number of rotatable bonds is 12. The monoisotopic (exact) mass is 1250 g/mol. The average molecular weight is 1250 g/mol. The van der Waals surface area contributed by atoms with Crippen LogP contribution in [-0.4, -0.2) is 29.9 Å². The van der Waals surface area contributed by atoms with Crippen LogP contribution < -0.4 is 0 Å². The van der Waals surface area contributed by atoms with Crippen molar-refractivity contribution in [2.24, 2.45) is 0 Å². The van der Waals surface area contributed by atoms with E-state index in [4.69, 9.17) is 29.9 Å². The maximum Gasteiger partial charge on any atom is 0.164 e. The fourth-order valence-electron chi connectivity index (χ4n) is 15.0. The number of aromatic nitrogens is 6. The first kappa shape index (κ1) is 58.9. The standard InChI is InChI=1S/2C46H31N3/c1-5-17-32(18-6-1)43-47-44(33-19-7-2-8-20-33)49-45(48-43)35-22-15-21-34(31-35)38-28-16-30-41-42(38)39-27-13-14-29-40(39)46(41,36-23-9-3-10-24-36)37-25-11-4-12-26-37;1-5-17-32(18-6-1)43-47-44(33-19-7-2-8-20-33)49-45(48-43)40-27-14-13-25-37(40)34-29-30-39-38-26-15-16-28-41(38)46(42(39)31-34,35-21-9-3-10-22-35)36-23-11-4-12-24-36/h2*1-31H. The smallest absolute Gasteiger partial charge is 0.164 e. The van der Waals surface area contributed by atoms with Gasteiger partial charge in [-0.2, -0.15) is 0 Å². The Morgan fingerprint density at radius 2 is 0.439 bits per heavy atom. The van der Waals surface area contributed by atoms with Crippen LogP contribution in [0.25, 0.3) is 113 Å². The van der Waals surface area contributed by atoms with Crippen molar-refractivity contribution in [3.05, 3.63) is 421 Å². The van der Waals surface area contributed by atoms with Crippen LogP contribution in [0, 0.1) is 0 Å². The molecule has 16 aromatic rings. The van der Waals surface area contributed by atoms with E-state index in [9.17, 15) is 0 Å². The highest BCUT2D eigenvalue weighted by atomic mass is 15.0. The molecule has 0 saturated carbocycles. The Hall–Kier alpha value is -12.9. The third-order valence-electron chi connectivity index (χ3n) is 19.3. The van der Waals surface area contributed by atoms with Gasteiger partial charge in [-0.25, -0.2) is 29.9 Å². The second kappa shape index (κ2) is 25.4. The SMILES string of the molecule is c1ccc(-c2nc(-c3ccccc3)nc(-c3cccc(-c4cccc5c4-c4ccccc4C5(c4ccccc4)c4ccccc4)c3)n2)cc1.c1ccc(-c2nc(-c3ccccc3)nc(-c3ccccc3-c3ccc4c(c3)C(c3ccccc3)(c3ccccc3)c3ccccc3-4)n2)cc1. The summed E-state index contributed by atoms with van der Waals surface area (Å²) < 4.78 is 0. The summed E-state index contributed by atoms with van der Waals surface area (Å²) in [5, 5.41) is 0. The lowest BCUT2D eigenvalue weighted by Crippen LogP contribution is -2.28. The minimum atomic E-state index is -0.479. The minimum absolute atomic E-state index is 0.453. The van der Waals surface area contributed by atoms with Crippen LogP contribution in [0.3, 0.4) is 0 Å². The fraction of sp³-hybridized carbons (Fsp3) is 0.0217. The highest BCUT2D eigenvalue weighted by molar-refractivity contribution is 5.96. The molecule has 98 heavy (non-hydrogen) atoms. The van der Waals surface area contributed by atoms with Gasteiger partial charge in [-0.3, -0.25) is 0 Å². The molecule has 14 aromatic carbocycles. The van der Waals surface area contributed by atoms with Crippen LogP contribution in [0.2, 0.25) is 0 Å². The van der Waals surface area contributed by atoms with E-state index in [2.05, 4.69) is 255 Å². The zero-order valence-electron chi connectivity index (χ0n) is 53.5. The van der Waals surface area contributed by atoms with E-state index in [-0.39, 0.29) is 0 Å². The first-order chi connectivity index (χ1) is 48.6. The quantitative estimate of drug-likeness (QED) is 0.121. The highest BCUT2D eigenvalue weighted by Gasteiger charge is 2.48. The van der Waals surface area contributed by atoms with Crippen molar-refractivity contribution in [1.82, 2.24) is 29.9 Å². The number of hydrogen-bond acceptors (Lipinski definition) is 6. The van der Waals surface area contributed by atoms with Gasteiger partial charge in [0.05, 0.1) is 10.8 Å². The summed E-state index contributed by atoms with van der Waals surface area (Å²) in [7, 11) is 0. The maximum atomic E-state index is 5.09. The molecule has 6 nitrogen and oxygen atoms in total. The Morgan fingerprint density at radius 3 is 0.898 bits per heavy atom. The predicted octanol–water partition coefficient (Wildman–Crippen LogP) is 21.8. The Bertz CT molecular complexity index is 5350. The zero-order chi connectivity index (χ0) is 65.2. The van der Waals surface area contributed by atoms with Gasteiger partial charge in [0.15, 0.2) is 34.9 Å². The molecular formula is C92H62N6. The lowest BCUT2D eigenvalue weighted by Gasteiger charge is -2.34. The zero-order valence-corrected chi connectivity index (χ0v) is 53.5. The van der Waals surface area contributed by atoms with E-state index in [0.29, 0.717) is 34.9 Å². The molecule has 2 heterocycles. The maximum absolute atomic E-state index is 5.09. The van der Waals surface area contributed by atoms with Crippen LogP contribution in [0.4, 0.5) is 0 Å². The Morgan fingerprint density at radius 1 is 0.153 bits per heavy atom. The lowest BCUT2D eigenvalue weighted by molar-refractivity contribution is 0.768. The molecule has 0 aliphatic heterocycles. The summed E-state index contributed by atoms with van der Waals surface area (Å²) in [6, 6.07) is 133. The van der Waals surface area contributed by atoms with Crippen molar-refractivity contribution in [3.63, 3.8) is 0 Å². The van der Waals surface area contributed by atoms with Gasteiger partial charge in [0.1, 0.15) is 0 Å². The van der Waals surface area contributed by atoms with E-state index < -0.39 is 10.8 Å². The largest absolute Gasteiger partial charge is 0.208 e. The predicted molar refractivity (Wildman–Crippen MR) is 398 cm³/mol. The van der Waals surface area contributed by atoms with E-state index in [0.717, 1.165) is 50.1 Å². The molecule has 0 saturated heterocycles. The van der Waals surface area contributed by atoms with Gasteiger partial charge in [-0.1, -0.05) is 364 Å². The van der Waals surface area contributed by atoms with Gasteiger partial charge in [-0.05, 0) is 101 Å². The van der Waals surface area contributed by atoms with Crippen LogP contribution in [0.1, 0.15) is 44.5 Å². The molecule has 0 spiro atoms. The molecule has 0 atom stereocenters. The number of nitrogens with zero attached hydrogens (tertiary/aromatic N) is 6. The van der Waals surface area contributed by atoms with Crippen LogP contribution in [0.15, 0.2) is 376 Å². The van der Waals surface area contributed by atoms with Crippen molar-refractivity contribution < 1.29 is 0 Å². The topological polar surface area (TPSA) is 77.3 Å². The second-order valence-electron chi connectivity index (χ2n) is 24.7. The van der Waals surface area contributed by atoms with E-state index in [1.54, 1.807) is 0 Å². The molecule has 0 unspecified atom stereocenters. The Kier molecular flexibility index (Phi) is 15.3. The number of hydrogen-bond donors (Lipinski definition) is 0. The third kappa shape index (κ3) is 10.3. The van der Waals surface area contributed by atoms with E-state index >= 15 is 0 Å². The molecule has 460 valence electrons. The summed E-state index contributed by atoms with van der Waals surface area (Å²) in [4.78, 5) is 30.1. The molecule has 18 rings (SSSR count). The van der Waals surface area contributed by atoms with Gasteiger partial charge >= 0.3 is 0 Å². The Labute approximate surface area is 570 Å².